The molecule has 1 aromatic heterocycles. The Morgan fingerprint density at radius 2 is 1.77 bits per heavy atom. The molecule has 0 bridgehead atoms. The Morgan fingerprint density at radius 3 is 2.32 bits per heavy atom. The van der Waals surface area contributed by atoms with Crippen LogP contribution in [0.15, 0.2) is 34.6 Å². The lowest BCUT2D eigenvalue weighted by Gasteiger charge is -2.31. The standard InChI is InChI=1S/C17H21F2N5O5S2/c1-23-11-20-22-17(23)30(26,27)12-6-9-24(10-7-12)15(25)5-8-21-31(28,29)16-13(18)3-2-4-14(16)19/h2-4,11-12,21H,5-10H2,1H3. The maximum absolute atomic E-state index is 13.7. The minimum atomic E-state index is -4.47. The van der Waals surface area contributed by atoms with Crippen molar-refractivity contribution in [3.8, 4) is 0 Å². The molecular weight excluding hydrogens is 456 g/mol. The average molecular weight is 478 g/mol. The summed E-state index contributed by atoms with van der Waals surface area (Å²) in [6.45, 7) is -0.00332. The average Bonchev–Trinajstić information content (AvgIpc) is 3.14. The Morgan fingerprint density at radius 1 is 1.16 bits per heavy atom. The van der Waals surface area contributed by atoms with Gasteiger partial charge in [0.15, 0.2) is 4.90 Å². The fourth-order valence-electron chi connectivity index (χ4n) is 3.36. The zero-order valence-corrected chi connectivity index (χ0v) is 18.2. The number of rotatable bonds is 7. The third-order valence-electron chi connectivity index (χ3n) is 4.98. The third kappa shape index (κ3) is 4.91. The van der Waals surface area contributed by atoms with E-state index in [9.17, 15) is 30.4 Å². The lowest BCUT2D eigenvalue weighted by Crippen LogP contribution is -2.43. The van der Waals surface area contributed by atoms with E-state index in [1.165, 1.54) is 22.8 Å². The fourth-order valence-corrected chi connectivity index (χ4v) is 6.26. The van der Waals surface area contributed by atoms with E-state index < -0.39 is 47.5 Å². The summed E-state index contributed by atoms with van der Waals surface area (Å²) < 4.78 is 80.3. The number of hydrogen-bond acceptors (Lipinski definition) is 7. The number of aromatic nitrogens is 3. The topological polar surface area (TPSA) is 131 Å². The molecule has 31 heavy (non-hydrogen) atoms. The molecule has 2 heterocycles. The van der Waals surface area contributed by atoms with Crippen molar-refractivity contribution in [2.24, 2.45) is 7.05 Å². The molecule has 1 aliphatic rings. The summed E-state index contributed by atoms with van der Waals surface area (Å²) >= 11 is 0. The Kier molecular flexibility index (Phi) is 6.71. The molecule has 0 radical (unpaired) electrons. The number of nitrogens with zero attached hydrogens (tertiary/aromatic N) is 4. The second-order valence-electron chi connectivity index (χ2n) is 7.05. The zero-order chi connectivity index (χ0) is 22.8. The molecule has 3 rings (SSSR count). The van der Waals surface area contributed by atoms with Crippen molar-refractivity contribution in [3.05, 3.63) is 36.2 Å². The van der Waals surface area contributed by atoms with Gasteiger partial charge in [0.2, 0.25) is 30.9 Å². The first-order chi connectivity index (χ1) is 14.5. The van der Waals surface area contributed by atoms with Crippen LogP contribution < -0.4 is 4.72 Å². The van der Waals surface area contributed by atoms with Gasteiger partial charge >= 0.3 is 0 Å². The first-order valence-electron chi connectivity index (χ1n) is 9.33. The van der Waals surface area contributed by atoms with Crippen molar-refractivity contribution >= 4 is 25.8 Å². The van der Waals surface area contributed by atoms with Gasteiger partial charge in [-0.3, -0.25) is 4.79 Å². The van der Waals surface area contributed by atoms with Gasteiger partial charge < -0.3 is 9.47 Å². The predicted octanol–water partition coefficient (Wildman–Crippen LogP) is 0.227. The van der Waals surface area contributed by atoms with Crippen LogP contribution in [0.25, 0.3) is 0 Å². The van der Waals surface area contributed by atoms with Crippen LogP contribution in [0.4, 0.5) is 8.78 Å². The van der Waals surface area contributed by atoms with E-state index in [1.807, 2.05) is 4.72 Å². The summed E-state index contributed by atoms with van der Waals surface area (Å²) in [5.41, 5.74) is 0. The Labute approximate surface area is 178 Å². The number of carbonyl (C=O) groups excluding carboxylic acids is 1. The highest BCUT2D eigenvalue weighted by atomic mass is 32.2. The molecule has 1 saturated heterocycles. The van der Waals surface area contributed by atoms with E-state index in [0.29, 0.717) is 0 Å². The first kappa shape index (κ1) is 23.2. The van der Waals surface area contributed by atoms with E-state index in [-0.39, 0.29) is 44.1 Å². The van der Waals surface area contributed by atoms with E-state index in [0.717, 1.165) is 18.2 Å². The second kappa shape index (κ2) is 8.96. The highest BCUT2D eigenvalue weighted by Gasteiger charge is 2.35. The molecule has 0 aliphatic carbocycles. The van der Waals surface area contributed by atoms with Gasteiger partial charge in [-0.1, -0.05) is 6.07 Å². The summed E-state index contributed by atoms with van der Waals surface area (Å²) in [4.78, 5) is 12.7. The molecule has 0 spiro atoms. The number of carbonyl (C=O) groups is 1. The number of piperidine rings is 1. The van der Waals surface area contributed by atoms with Crippen LogP contribution in [0.5, 0.6) is 0 Å². The van der Waals surface area contributed by atoms with Gasteiger partial charge in [0.1, 0.15) is 18.0 Å². The highest BCUT2D eigenvalue weighted by Crippen LogP contribution is 2.23. The van der Waals surface area contributed by atoms with E-state index in [4.69, 9.17) is 0 Å². The van der Waals surface area contributed by atoms with E-state index >= 15 is 0 Å². The molecule has 14 heteroatoms. The number of nitrogens with one attached hydrogen (secondary N) is 1. The van der Waals surface area contributed by atoms with Gasteiger partial charge in [-0.15, -0.1) is 10.2 Å². The number of hydrogen-bond donors (Lipinski definition) is 1. The van der Waals surface area contributed by atoms with Gasteiger partial charge in [0.25, 0.3) is 0 Å². The molecule has 0 unspecified atom stereocenters. The second-order valence-corrected chi connectivity index (χ2v) is 10.9. The molecule has 1 N–H and O–H groups in total. The van der Waals surface area contributed by atoms with E-state index in [2.05, 4.69) is 10.2 Å². The summed E-state index contributed by atoms with van der Waals surface area (Å²) in [6.07, 6.45) is 1.45. The van der Waals surface area contributed by atoms with Gasteiger partial charge in [-0.2, -0.15) is 0 Å². The molecular formula is C17H21F2N5O5S2. The number of halogens is 2. The monoisotopic (exact) mass is 477 g/mol. The lowest BCUT2D eigenvalue weighted by atomic mass is 10.1. The van der Waals surface area contributed by atoms with Crippen molar-refractivity contribution in [2.45, 2.75) is 34.6 Å². The van der Waals surface area contributed by atoms with Crippen LogP contribution in [0.2, 0.25) is 0 Å². The fraction of sp³-hybridized carbons (Fsp3) is 0.471. The quantitative estimate of drug-likeness (QED) is 0.604. The minimum Gasteiger partial charge on any atom is -0.343 e. The number of benzene rings is 1. The van der Waals surface area contributed by atoms with Crippen molar-refractivity contribution in [2.75, 3.05) is 19.6 Å². The van der Waals surface area contributed by atoms with Gasteiger partial charge in [-0.25, -0.2) is 30.3 Å². The van der Waals surface area contributed by atoms with Crippen LogP contribution in [0.1, 0.15) is 19.3 Å². The number of aryl methyl sites for hydroxylation is 1. The smallest absolute Gasteiger partial charge is 0.249 e. The number of amides is 1. The minimum absolute atomic E-state index is 0.132. The van der Waals surface area contributed by atoms with Crippen LogP contribution in [0, 0.1) is 11.6 Å². The SMILES string of the molecule is Cn1cnnc1S(=O)(=O)C1CCN(C(=O)CCNS(=O)(=O)c2c(F)cccc2F)CC1. The maximum atomic E-state index is 13.7. The molecule has 2 aromatic rings. The first-order valence-corrected chi connectivity index (χ1v) is 12.4. The third-order valence-corrected chi connectivity index (χ3v) is 8.72. The van der Waals surface area contributed by atoms with Gasteiger partial charge in [0.05, 0.1) is 5.25 Å². The van der Waals surface area contributed by atoms with Crippen molar-refractivity contribution in [1.29, 1.82) is 0 Å². The van der Waals surface area contributed by atoms with Crippen LogP contribution >= 0.6 is 0 Å². The Bertz CT molecular complexity index is 1160. The largest absolute Gasteiger partial charge is 0.343 e. The van der Waals surface area contributed by atoms with Crippen LogP contribution in [-0.2, 0) is 31.7 Å². The molecule has 1 fully saturated rings. The molecule has 170 valence electrons. The zero-order valence-electron chi connectivity index (χ0n) is 16.5. The van der Waals surface area contributed by atoms with Crippen molar-refractivity contribution in [3.63, 3.8) is 0 Å². The number of sulfone groups is 1. The van der Waals surface area contributed by atoms with Crippen molar-refractivity contribution < 1.29 is 30.4 Å². The highest BCUT2D eigenvalue weighted by molar-refractivity contribution is 7.91. The van der Waals surface area contributed by atoms with Crippen LogP contribution in [-0.4, -0.2) is 67.3 Å². The number of likely N-dealkylation sites (tertiary alicyclic amines) is 1. The summed E-state index contributed by atoms with van der Waals surface area (Å²) in [5, 5.41) is 6.38. The molecule has 1 aromatic carbocycles. The molecule has 0 atom stereocenters. The molecule has 1 aliphatic heterocycles. The summed E-state index contributed by atoms with van der Waals surface area (Å²) in [6, 6.07) is 2.69. The van der Waals surface area contributed by atoms with Gasteiger partial charge in [-0.05, 0) is 25.0 Å². The Balaban J connectivity index is 1.53. The lowest BCUT2D eigenvalue weighted by molar-refractivity contribution is -0.131. The number of sulfonamides is 1. The molecule has 0 saturated carbocycles. The Hall–Kier alpha value is -2.45. The van der Waals surface area contributed by atoms with Crippen molar-refractivity contribution in [1.82, 2.24) is 24.4 Å². The summed E-state index contributed by atoms with van der Waals surface area (Å²) in [7, 11) is -6.63. The maximum Gasteiger partial charge on any atom is 0.249 e. The van der Waals surface area contributed by atoms with Gasteiger partial charge in [0, 0.05) is 33.1 Å². The van der Waals surface area contributed by atoms with E-state index in [1.54, 1.807) is 0 Å². The summed E-state index contributed by atoms with van der Waals surface area (Å²) in [5.74, 6) is -2.86. The molecule has 1 amide bonds. The molecule has 10 nitrogen and oxygen atoms in total. The normalized spacial score (nSPS) is 15.9. The predicted molar refractivity (Wildman–Crippen MR) is 104 cm³/mol. The van der Waals surface area contributed by atoms with Crippen LogP contribution in [0.3, 0.4) is 0 Å².